The molecule has 0 aromatic rings. The van der Waals surface area contributed by atoms with E-state index in [-0.39, 0.29) is 12.6 Å². The van der Waals surface area contributed by atoms with E-state index in [9.17, 15) is 13.6 Å². The van der Waals surface area contributed by atoms with Crippen LogP contribution in [0.2, 0.25) is 0 Å². The number of carbonyl (C=O) groups excluding carboxylic acids is 1. The molecule has 5 nitrogen and oxygen atoms in total. The summed E-state index contributed by atoms with van der Waals surface area (Å²) in [4.78, 5) is 15.3. The fourth-order valence-corrected chi connectivity index (χ4v) is 2.53. The quantitative estimate of drug-likeness (QED) is 0.847. The van der Waals surface area contributed by atoms with Crippen LogP contribution in [0.1, 0.15) is 20.8 Å². The van der Waals surface area contributed by atoms with Gasteiger partial charge in [-0.05, 0) is 20.8 Å². The second-order valence-corrected chi connectivity index (χ2v) is 6.82. The number of carbonyl (C=O) groups is 1. The van der Waals surface area contributed by atoms with Gasteiger partial charge in [0.05, 0.1) is 12.6 Å². The van der Waals surface area contributed by atoms with E-state index in [2.05, 4.69) is 5.32 Å². The highest BCUT2D eigenvalue weighted by Gasteiger charge is 2.37. The molecule has 0 bridgehead atoms. The SMILES string of the molecule is CC(C)(C)OC(=O)N1C[C@@H](F)[C@@H](NCCN2CC(F)C2)C1. The van der Waals surface area contributed by atoms with Crippen LogP contribution < -0.4 is 5.32 Å². The Balaban J connectivity index is 1.69. The number of nitrogens with one attached hydrogen (secondary N) is 1. The third-order valence-electron chi connectivity index (χ3n) is 3.65. The van der Waals surface area contributed by atoms with Gasteiger partial charge in [-0.3, -0.25) is 4.90 Å². The molecule has 2 aliphatic rings. The molecule has 2 saturated heterocycles. The van der Waals surface area contributed by atoms with E-state index < -0.39 is 24.0 Å². The molecule has 122 valence electrons. The molecule has 0 unspecified atom stereocenters. The minimum Gasteiger partial charge on any atom is -0.444 e. The number of amides is 1. The van der Waals surface area contributed by atoms with Crippen LogP contribution in [-0.2, 0) is 4.74 Å². The molecule has 2 atom stereocenters. The first kappa shape index (κ1) is 16.4. The van der Waals surface area contributed by atoms with E-state index >= 15 is 0 Å². The van der Waals surface area contributed by atoms with Crippen LogP contribution in [0.15, 0.2) is 0 Å². The molecule has 2 rings (SSSR count). The lowest BCUT2D eigenvalue weighted by Gasteiger charge is -2.34. The zero-order chi connectivity index (χ0) is 15.6. The van der Waals surface area contributed by atoms with Gasteiger partial charge in [0.2, 0.25) is 0 Å². The smallest absolute Gasteiger partial charge is 0.410 e. The monoisotopic (exact) mass is 305 g/mol. The molecule has 0 aliphatic carbocycles. The van der Waals surface area contributed by atoms with E-state index in [1.54, 1.807) is 20.8 Å². The average molecular weight is 305 g/mol. The van der Waals surface area contributed by atoms with E-state index in [4.69, 9.17) is 4.74 Å². The molecule has 7 heteroatoms. The minimum absolute atomic E-state index is 0.0584. The molecular formula is C14H25F2N3O2. The summed E-state index contributed by atoms with van der Waals surface area (Å²) in [6, 6.07) is -0.375. The number of alkyl halides is 2. The third-order valence-corrected chi connectivity index (χ3v) is 3.65. The summed E-state index contributed by atoms with van der Waals surface area (Å²) in [5.74, 6) is 0. The van der Waals surface area contributed by atoms with Gasteiger partial charge in [0.15, 0.2) is 0 Å². The number of likely N-dealkylation sites (tertiary alicyclic amines) is 2. The molecule has 0 spiro atoms. The lowest BCUT2D eigenvalue weighted by molar-refractivity contribution is 0.0281. The van der Waals surface area contributed by atoms with Gasteiger partial charge in [0.1, 0.15) is 17.9 Å². The van der Waals surface area contributed by atoms with Crippen LogP contribution in [0.5, 0.6) is 0 Å². The predicted molar refractivity (Wildman–Crippen MR) is 75.8 cm³/mol. The summed E-state index contributed by atoms with van der Waals surface area (Å²) >= 11 is 0. The van der Waals surface area contributed by atoms with Gasteiger partial charge in [-0.25, -0.2) is 13.6 Å². The predicted octanol–water partition coefficient (Wildman–Crippen LogP) is 1.19. The molecule has 2 aliphatic heterocycles. The average Bonchev–Trinajstić information content (AvgIpc) is 2.67. The second kappa shape index (κ2) is 6.44. The van der Waals surface area contributed by atoms with Crippen LogP contribution in [0.25, 0.3) is 0 Å². The van der Waals surface area contributed by atoms with Crippen molar-refractivity contribution in [3.63, 3.8) is 0 Å². The van der Waals surface area contributed by atoms with E-state index in [1.807, 2.05) is 4.90 Å². The van der Waals surface area contributed by atoms with Gasteiger partial charge in [-0.1, -0.05) is 0 Å². The van der Waals surface area contributed by atoms with Gasteiger partial charge >= 0.3 is 6.09 Å². The Morgan fingerprint density at radius 2 is 1.90 bits per heavy atom. The molecule has 0 aromatic heterocycles. The van der Waals surface area contributed by atoms with Gasteiger partial charge in [0.25, 0.3) is 0 Å². The molecule has 1 amide bonds. The first-order valence-electron chi connectivity index (χ1n) is 7.46. The summed E-state index contributed by atoms with van der Waals surface area (Å²) in [6.07, 6.45) is -2.28. The number of hydrogen-bond acceptors (Lipinski definition) is 4. The maximum atomic E-state index is 13.9. The number of rotatable bonds is 4. The molecule has 2 heterocycles. The van der Waals surface area contributed by atoms with Crippen molar-refractivity contribution in [1.29, 1.82) is 0 Å². The number of halogens is 2. The van der Waals surface area contributed by atoms with Gasteiger partial charge in [-0.15, -0.1) is 0 Å². The standard InChI is InChI=1S/C14H25F2N3O2/c1-14(2,3)21-13(20)19-8-11(16)12(9-19)17-4-5-18-6-10(15)7-18/h10-12,17H,4-9H2,1-3H3/t11-,12+/m1/s1. The van der Waals surface area contributed by atoms with Crippen LogP contribution in [-0.4, -0.2) is 79.1 Å². The minimum atomic E-state index is -1.09. The lowest BCUT2D eigenvalue weighted by atomic mass is 10.2. The number of hydrogen-bond donors (Lipinski definition) is 1. The van der Waals surface area contributed by atoms with Crippen molar-refractivity contribution in [1.82, 2.24) is 15.1 Å². The van der Waals surface area contributed by atoms with Crippen molar-refractivity contribution in [2.75, 3.05) is 39.3 Å². The summed E-state index contributed by atoms with van der Waals surface area (Å²) < 4.78 is 31.8. The molecule has 0 saturated carbocycles. The summed E-state index contributed by atoms with van der Waals surface area (Å²) in [5.41, 5.74) is -0.575. The first-order valence-corrected chi connectivity index (χ1v) is 7.46. The molecule has 21 heavy (non-hydrogen) atoms. The van der Waals surface area contributed by atoms with Crippen LogP contribution in [0.3, 0.4) is 0 Å². The first-order chi connectivity index (χ1) is 9.74. The van der Waals surface area contributed by atoms with Crippen LogP contribution >= 0.6 is 0 Å². The summed E-state index contributed by atoms with van der Waals surface area (Å²) in [6.45, 7) is 7.96. The zero-order valence-electron chi connectivity index (χ0n) is 12.9. The lowest BCUT2D eigenvalue weighted by Crippen LogP contribution is -2.51. The summed E-state index contributed by atoms with van der Waals surface area (Å²) in [7, 11) is 0. The molecule has 1 N–H and O–H groups in total. The van der Waals surface area contributed by atoms with Crippen molar-refractivity contribution in [3.05, 3.63) is 0 Å². The van der Waals surface area contributed by atoms with E-state index in [0.29, 0.717) is 32.7 Å². The largest absolute Gasteiger partial charge is 0.444 e. The Kier molecular flexibility index (Phi) is 5.03. The fraction of sp³-hybridized carbons (Fsp3) is 0.929. The highest BCUT2D eigenvalue weighted by Crippen LogP contribution is 2.18. The van der Waals surface area contributed by atoms with Crippen LogP contribution in [0.4, 0.5) is 13.6 Å². The van der Waals surface area contributed by atoms with E-state index in [1.165, 1.54) is 4.90 Å². The zero-order valence-corrected chi connectivity index (χ0v) is 12.9. The maximum Gasteiger partial charge on any atom is 0.410 e. The van der Waals surface area contributed by atoms with Gasteiger partial charge in [0, 0.05) is 32.7 Å². The highest BCUT2D eigenvalue weighted by molar-refractivity contribution is 5.68. The molecule has 2 fully saturated rings. The third kappa shape index (κ3) is 4.78. The van der Waals surface area contributed by atoms with Crippen molar-refractivity contribution in [3.8, 4) is 0 Å². The topological polar surface area (TPSA) is 44.8 Å². The molecule has 0 aromatic carbocycles. The number of ether oxygens (including phenoxy) is 1. The van der Waals surface area contributed by atoms with Gasteiger partial charge < -0.3 is 15.0 Å². The highest BCUT2D eigenvalue weighted by atomic mass is 19.1. The normalized spacial score (nSPS) is 27.8. The van der Waals surface area contributed by atoms with Crippen molar-refractivity contribution < 1.29 is 18.3 Å². The van der Waals surface area contributed by atoms with Gasteiger partial charge in [-0.2, -0.15) is 0 Å². The van der Waals surface area contributed by atoms with Crippen molar-refractivity contribution >= 4 is 6.09 Å². The summed E-state index contributed by atoms with van der Waals surface area (Å²) in [5, 5.41) is 3.10. The van der Waals surface area contributed by atoms with Crippen molar-refractivity contribution in [2.24, 2.45) is 0 Å². The Morgan fingerprint density at radius 1 is 1.24 bits per heavy atom. The maximum absolute atomic E-state index is 13.9. The van der Waals surface area contributed by atoms with Crippen molar-refractivity contribution in [2.45, 2.75) is 44.8 Å². The Labute approximate surface area is 124 Å². The van der Waals surface area contributed by atoms with Crippen LogP contribution in [0, 0.1) is 0 Å². The van der Waals surface area contributed by atoms with E-state index in [0.717, 1.165) is 0 Å². The Bertz CT molecular complexity index is 370. The fourth-order valence-electron chi connectivity index (χ4n) is 2.53. The Hall–Kier alpha value is -0.950. The molecule has 0 radical (unpaired) electrons. The second-order valence-electron chi connectivity index (χ2n) is 6.82. The Morgan fingerprint density at radius 3 is 2.48 bits per heavy atom. The molecular weight excluding hydrogens is 280 g/mol. The number of nitrogens with zero attached hydrogens (tertiary/aromatic N) is 2.